The molecule has 6 heteroatoms. The van der Waals surface area contributed by atoms with Gasteiger partial charge in [-0.1, -0.05) is 11.6 Å². The Labute approximate surface area is 90.9 Å². The third-order valence-corrected chi connectivity index (χ3v) is 3.03. The molecule has 0 aromatic carbocycles. The van der Waals surface area contributed by atoms with E-state index in [0.29, 0.717) is 11.6 Å². The van der Waals surface area contributed by atoms with Gasteiger partial charge in [0.2, 0.25) is 0 Å². The Bertz CT molecular complexity index is 559. The van der Waals surface area contributed by atoms with Gasteiger partial charge in [0.15, 0.2) is 11.3 Å². The second-order valence-corrected chi connectivity index (χ2v) is 4.00. The molecule has 3 rings (SSSR count). The van der Waals surface area contributed by atoms with E-state index in [9.17, 15) is 4.79 Å². The number of carbonyl (C=O) groups is 1. The highest BCUT2D eigenvalue weighted by atomic mass is 16.4. The summed E-state index contributed by atoms with van der Waals surface area (Å²) in [7, 11) is 0. The number of fused-ring (bicyclic) bond motifs is 1. The lowest BCUT2D eigenvalue weighted by atomic mass is 9.82. The van der Waals surface area contributed by atoms with Gasteiger partial charge in [0, 0.05) is 11.6 Å². The SMILES string of the molecule is O=C(O)c1cc(C2CCC2)nc2cnnn12. The van der Waals surface area contributed by atoms with E-state index in [2.05, 4.69) is 15.3 Å². The number of nitrogens with zero attached hydrogens (tertiary/aromatic N) is 4. The van der Waals surface area contributed by atoms with Crippen LogP contribution in [0.25, 0.3) is 5.65 Å². The smallest absolute Gasteiger partial charge is 0.354 e. The van der Waals surface area contributed by atoms with E-state index in [1.807, 2.05) is 0 Å². The maximum Gasteiger partial charge on any atom is 0.354 e. The summed E-state index contributed by atoms with van der Waals surface area (Å²) < 4.78 is 1.25. The van der Waals surface area contributed by atoms with Gasteiger partial charge in [0.25, 0.3) is 0 Å². The number of carboxylic acids is 1. The molecular formula is C10H10N4O2. The lowest BCUT2D eigenvalue weighted by Gasteiger charge is -2.24. The fraction of sp³-hybridized carbons (Fsp3) is 0.400. The number of hydrogen-bond donors (Lipinski definition) is 1. The van der Waals surface area contributed by atoms with E-state index in [-0.39, 0.29) is 5.69 Å². The van der Waals surface area contributed by atoms with Crippen LogP contribution >= 0.6 is 0 Å². The zero-order valence-electron chi connectivity index (χ0n) is 8.50. The highest BCUT2D eigenvalue weighted by molar-refractivity contribution is 5.86. The Morgan fingerprint density at radius 2 is 2.31 bits per heavy atom. The van der Waals surface area contributed by atoms with Crippen LogP contribution in [0.1, 0.15) is 41.4 Å². The zero-order valence-corrected chi connectivity index (χ0v) is 8.50. The summed E-state index contributed by atoms with van der Waals surface area (Å²) in [6.45, 7) is 0. The van der Waals surface area contributed by atoms with Crippen molar-refractivity contribution in [3.05, 3.63) is 23.7 Å². The van der Waals surface area contributed by atoms with Crippen molar-refractivity contribution in [3.8, 4) is 0 Å². The molecule has 1 N–H and O–H groups in total. The van der Waals surface area contributed by atoms with Gasteiger partial charge in [0.1, 0.15) is 0 Å². The van der Waals surface area contributed by atoms with Crippen LogP contribution in [0.2, 0.25) is 0 Å². The molecule has 2 aromatic rings. The number of carboxylic acid groups (broad SMARTS) is 1. The summed E-state index contributed by atoms with van der Waals surface area (Å²) in [4.78, 5) is 15.5. The number of aromatic nitrogens is 4. The molecule has 6 nitrogen and oxygen atoms in total. The predicted molar refractivity (Wildman–Crippen MR) is 54.3 cm³/mol. The van der Waals surface area contributed by atoms with Gasteiger partial charge in [-0.3, -0.25) is 0 Å². The zero-order chi connectivity index (χ0) is 11.1. The minimum atomic E-state index is -1.00. The van der Waals surface area contributed by atoms with E-state index in [0.717, 1.165) is 18.5 Å². The van der Waals surface area contributed by atoms with Crippen molar-refractivity contribution in [1.29, 1.82) is 0 Å². The molecule has 0 bridgehead atoms. The summed E-state index contributed by atoms with van der Waals surface area (Å²) in [6, 6.07) is 1.60. The van der Waals surface area contributed by atoms with Crippen molar-refractivity contribution in [2.45, 2.75) is 25.2 Å². The highest BCUT2D eigenvalue weighted by Gasteiger charge is 2.23. The van der Waals surface area contributed by atoms with Crippen LogP contribution in [0.15, 0.2) is 12.3 Å². The van der Waals surface area contributed by atoms with Crippen molar-refractivity contribution < 1.29 is 9.90 Å². The fourth-order valence-electron chi connectivity index (χ4n) is 1.91. The van der Waals surface area contributed by atoms with Gasteiger partial charge in [-0.05, 0) is 18.9 Å². The maximum atomic E-state index is 11.1. The molecular weight excluding hydrogens is 208 g/mol. The van der Waals surface area contributed by atoms with Gasteiger partial charge in [0.05, 0.1) is 6.20 Å². The van der Waals surface area contributed by atoms with Crippen molar-refractivity contribution in [2.24, 2.45) is 0 Å². The molecule has 0 radical (unpaired) electrons. The minimum Gasteiger partial charge on any atom is -0.477 e. The molecule has 1 aliphatic rings. The Kier molecular flexibility index (Phi) is 1.89. The molecule has 0 spiro atoms. The summed E-state index contributed by atoms with van der Waals surface area (Å²) in [5.74, 6) is -0.600. The van der Waals surface area contributed by atoms with Crippen LogP contribution < -0.4 is 0 Å². The van der Waals surface area contributed by atoms with Crippen LogP contribution in [-0.4, -0.2) is 30.9 Å². The lowest BCUT2D eigenvalue weighted by Crippen LogP contribution is -2.15. The molecule has 0 amide bonds. The predicted octanol–water partition coefficient (Wildman–Crippen LogP) is 1.09. The first-order chi connectivity index (χ1) is 7.75. The van der Waals surface area contributed by atoms with Crippen molar-refractivity contribution >= 4 is 11.6 Å². The molecule has 1 saturated carbocycles. The molecule has 82 valence electrons. The van der Waals surface area contributed by atoms with Crippen molar-refractivity contribution in [1.82, 2.24) is 19.8 Å². The third kappa shape index (κ3) is 1.26. The van der Waals surface area contributed by atoms with Gasteiger partial charge in [-0.25, -0.2) is 9.78 Å². The van der Waals surface area contributed by atoms with E-state index >= 15 is 0 Å². The Morgan fingerprint density at radius 3 is 2.94 bits per heavy atom. The number of rotatable bonds is 2. The molecule has 0 unspecified atom stereocenters. The van der Waals surface area contributed by atoms with Crippen LogP contribution in [-0.2, 0) is 0 Å². The third-order valence-electron chi connectivity index (χ3n) is 3.03. The first-order valence-corrected chi connectivity index (χ1v) is 5.20. The molecule has 2 aromatic heterocycles. The van der Waals surface area contributed by atoms with Crippen LogP contribution in [0.5, 0.6) is 0 Å². The summed E-state index contributed by atoms with van der Waals surface area (Å²) in [5, 5.41) is 16.5. The lowest BCUT2D eigenvalue weighted by molar-refractivity contribution is 0.0686. The van der Waals surface area contributed by atoms with Crippen molar-refractivity contribution in [2.75, 3.05) is 0 Å². The van der Waals surface area contributed by atoms with E-state index in [1.165, 1.54) is 17.1 Å². The van der Waals surface area contributed by atoms with Gasteiger partial charge in [-0.15, -0.1) is 5.10 Å². The average molecular weight is 218 g/mol. The Hall–Kier alpha value is -1.98. The standard InChI is InChI=1S/C10H10N4O2/c15-10(16)8-4-7(6-2-1-3-6)12-9-5-11-13-14(8)9/h4-6H,1-3H2,(H,15,16). The Morgan fingerprint density at radius 1 is 1.50 bits per heavy atom. The second kappa shape index (κ2) is 3.26. The molecule has 1 fully saturated rings. The van der Waals surface area contributed by atoms with Gasteiger partial charge in [-0.2, -0.15) is 4.52 Å². The first kappa shape index (κ1) is 9.26. The minimum absolute atomic E-state index is 0.129. The molecule has 0 aliphatic heterocycles. The van der Waals surface area contributed by atoms with E-state index in [1.54, 1.807) is 6.07 Å². The largest absolute Gasteiger partial charge is 0.477 e. The average Bonchev–Trinajstić information content (AvgIpc) is 2.61. The fourth-order valence-corrected chi connectivity index (χ4v) is 1.91. The highest BCUT2D eigenvalue weighted by Crippen LogP contribution is 2.35. The number of hydrogen-bond acceptors (Lipinski definition) is 4. The quantitative estimate of drug-likeness (QED) is 0.816. The molecule has 0 atom stereocenters. The van der Waals surface area contributed by atoms with E-state index in [4.69, 9.17) is 5.11 Å². The van der Waals surface area contributed by atoms with Gasteiger partial charge < -0.3 is 5.11 Å². The topological polar surface area (TPSA) is 80.4 Å². The van der Waals surface area contributed by atoms with Gasteiger partial charge >= 0.3 is 5.97 Å². The summed E-state index contributed by atoms with van der Waals surface area (Å²) >= 11 is 0. The van der Waals surface area contributed by atoms with Crippen LogP contribution in [0, 0.1) is 0 Å². The monoisotopic (exact) mass is 218 g/mol. The molecule has 2 heterocycles. The number of aromatic carboxylic acids is 1. The second-order valence-electron chi connectivity index (χ2n) is 4.00. The molecule has 16 heavy (non-hydrogen) atoms. The normalized spacial score (nSPS) is 16.2. The first-order valence-electron chi connectivity index (χ1n) is 5.20. The summed E-state index contributed by atoms with van der Waals surface area (Å²) in [6.07, 6.45) is 4.85. The summed E-state index contributed by atoms with van der Waals surface area (Å²) in [5.41, 5.74) is 1.48. The molecule has 1 aliphatic carbocycles. The van der Waals surface area contributed by atoms with Crippen LogP contribution in [0.4, 0.5) is 0 Å². The van der Waals surface area contributed by atoms with Crippen LogP contribution in [0.3, 0.4) is 0 Å². The molecule has 0 saturated heterocycles. The van der Waals surface area contributed by atoms with E-state index < -0.39 is 5.97 Å². The van der Waals surface area contributed by atoms with Crippen molar-refractivity contribution in [3.63, 3.8) is 0 Å². The Balaban J connectivity index is 2.20. The maximum absolute atomic E-state index is 11.1.